The zero-order valence-corrected chi connectivity index (χ0v) is 18.2. The van der Waals surface area contributed by atoms with Crippen LogP contribution in [-0.2, 0) is 19.1 Å². The zero-order valence-electron chi connectivity index (χ0n) is 17.5. The fourth-order valence-corrected chi connectivity index (χ4v) is 4.65. The monoisotopic (exact) mass is 443 g/mol. The van der Waals surface area contributed by atoms with Crippen molar-refractivity contribution >= 4 is 22.7 Å². The molecule has 0 heterocycles. The van der Waals surface area contributed by atoms with Crippen molar-refractivity contribution in [2.75, 3.05) is 0 Å². The normalized spacial score (nSPS) is 20.7. The van der Waals surface area contributed by atoms with Gasteiger partial charge in [-0.3, -0.25) is 0 Å². The molecule has 2 aliphatic carbocycles. The van der Waals surface area contributed by atoms with Gasteiger partial charge in [0.05, 0.1) is 5.56 Å². The molecule has 0 unspecified atom stereocenters. The van der Waals surface area contributed by atoms with Crippen LogP contribution in [0.25, 0.3) is 11.1 Å². The Labute approximate surface area is 186 Å². The molecule has 5 heteroatoms. The fraction of sp³-hybridized carbons (Fsp3) is 0.308. The Bertz CT molecular complexity index is 1070. The summed E-state index contributed by atoms with van der Waals surface area (Å²) in [6, 6.07) is 10.00. The summed E-state index contributed by atoms with van der Waals surface area (Å²) in [7, 11) is 0. The van der Waals surface area contributed by atoms with Crippen LogP contribution >= 0.6 is 11.6 Å². The molecule has 2 aliphatic rings. The molecule has 1 fully saturated rings. The molecule has 2 aromatic carbocycles. The number of nitrogens with one attached hydrogen (secondary N) is 1. The van der Waals surface area contributed by atoms with Gasteiger partial charge in [-0.25, -0.2) is 0 Å². The Morgan fingerprint density at radius 2 is 1.90 bits per heavy atom. The van der Waals surface area contributed by atoms with Crippen LogP contribution in [0.1, 0.15) is 47.6 Å². The van der Waals surface area contributed by atoms with Crippen molar-refractivity contribution in [2.45, 2.75) is 44.9 Å². The van der Waals surface area contributed by atoms with Crippen LogP contribution in [0.3, 0.4) is 0 Å². The van der Waals surface area contributed by atoms with Gasteiger partial charge < -0.3 is 5.32 Å². The highest BCUT2D eigenvalue weighted by Gasteiger charge is 2.32. The molecule has 2 aromatic rings. The van der Waals surface area contributed by atoms with Crippen molar-refractivity contribution in [3.05, 3.63) is 94.0 Å². The van der Waals surface area contributed by atoms with Crippen LogP contribution in [0, 0.1) is 5.92 Å². The van der Waals surface area contributed by atoms with Crippen molar-refractivity contribution in [1.82, 2.24) is 5.32 Å². The van der Waals surface area contributed by atoms with E-state index < -0.39 is 11.7 Å². The second kappa shape index (κ2) is 8.33. The number of halogens is 4. The number of fused-ring (bicyclic) bond motifs is 1. The third-order valence-electron chi connectivity index (χ3n) is 6.38. The SMILES string of the molecule is C=C1C=C(c2ccc(C(F)(F)F)cc2CNC2CC(C(=C)C)C2)Cc2c(Cl)cccc21. The maximum atomic E-state index is 13.4. The molecule has 0 spiro atoms. The quantitative estimate of drug-likeness (QED) is 0.473. The van der Waals surface area contributed by atoms with Crippen LogP contribution < -0.4 is 5.32 Å². The van der Waals surface area contributed by atoms with E-state index in [9.17, 15) is 13.2 Å². The van der Waals surface area contributed by atoms with Gasteiger partial charge in [-0.05, 0) is 77.3 Å². The molecule has 0 saturated heterocycles. The lowest BCUT2D eigenvalue weighted by molar-refractivity contribution is -0.137. The number of hydrogen-bond acceptors (Lipinski definition) is 1. The number of alkyl halides is 3. The van der Waals surface area contributed by atoms with Crippen LogP contribution in [0.2, 0.25) is 5.02 Å². The van der Waals surface area contributed by atoms with Gasteiger partial charge >= 0.3 is 6.18 Å². The van der Waals surface area contributed by atoms with Gasteiger partial charge in [-0.15, -0.1) is 0 Å². The largest absolute Gasteiger partial charge is 0.416 e. The summed E-state index contributed by atoms with van der Waals surface area (Å²) in [5.74, 6) is 0.501. The summed E-state index contributed by atoms with van der Waals surface area (Å²) in [6.45, 7) is 10.5. The molecule has 1 N–H and O–H groups in total. The second-order valence-electron chi connectivity index (χ2n) is 8.60. The van der Waals surface area contributed by atoms with Crippen molar-refractivity contribution in [2.24, 2.45) is 5.92 Å². The molecule has 4 rings (SSSR count). The van der Waals surface area contributed by atoms with Gasteiger partial charge in [0.15, 0.2) is 0 Å². The van der Waals surface area contributed by atoms with E-state index in [1.165, 1.54) is 11.6 Å². The average Bonchev–Trinajstić information content (AvgIpc) is 2.66. The first-order chi connectivity index (χ1) is 14.6. The van der Waals surface area contributed by atoms with Crippen LogP contribution in [-0.4, -0.2) is 6.04 Å². The summed E-state index contributed by atoms with van der Waals surface area (Å²) in [5.41, 5.74) is 5.70. The Kier molecular flexibility index (Phi) is 5.89. The smallest absolute Gasteiger partial charge is 0.310 e. The first-order valence-corrected chi connectivity index (χ1v) is 10.8. The first-order valence-electron chi connectivity index (χ1n) is 10.4. The number of rotatable bonds is 5. The third kappa shape index (κ3) is 4.51. The average molecular weight is 444 g/mol. The van der Waals surface area contributed by atoms with Gasteiger partial charge in [-0.1, -0.05) is 54.6 Å². The van der Waals surface area contributed by atoms with Gasteiger partial charge in [0.1, 0.15) is 0 Å². The maximum absolute atomic E-state index is 13.4. The van der Waals surface area contributed by atoms with Crippen LogP contribution in [0.5, 0.6) is 0 Å². The zero-order chi connectivity index (χ0) is 22.3. The van der Waals surface area contributed by atoms with Crippen molar-refractivity contribution in [3.8, 4) is 0 Å². The van der Waals surface area contributed by atoms with E-state index in [0.717, 1.165) is 46.7 Å². The molecule has 1 nitrogen and oxygen atoms in total. The minimum absolute atomic E-state index is 0.301. The lowest BCUT2D eigenvalue weighted by atomic mass is 9.76. The van der Waals surface area contributed by atoms with Gasteiger partial charge in [0, 0.05) is 24.0 Å². The van der Waals surface area contributed by atoms with Crippen molar-refractivity contribution < 1.29 is 13.2 Å². The highest BCUT2D eigenvalue weighted by molar-refractivity contribution is 6.31. The molecular formula is C26H25ClF3N. The maximum Gasteiger partial charge on any atom is 0.416 e. The Hall–Kier alpha value is -2.30. The summed E-state index contributed by atoms with van der Waals surface area (Å²) in [5, 5.41) is 4.09. The van der Waals surface area contributed by atoms with Crippen LogP contribution in [0.15, 0.2) is 61.2 Å². The lowest BCUT2D eigenvalue weighted by Crippen LogP contribution is -2.41. The molecule has 162 valence electrons. The van der Waals surface area contributed by atoms with E-state index in [1.807, 2.05) is 31.2 Å². The molecule has 0 radical (unpaired) electrons. The topological polar surface area (TPSA) is 12.0 Å². The molecule has 1 saturated carbocycles. The number of hydrogen-bond donors (Lipinski definition) is 1. The van der Waals surface area contributed by atoms with E-state index in [4.69, 9.17) is 11.6 Å². The third-order valence-corrected chi connectivity index (χ3v) is 6.73. The standard InChI is InChI=1S/C26H25ClF3N/c1-15(2)17-11-21(12-17)31-14-19-10-20(26(28,29)30)7-8-23(19)18-9-16(3)22-5-4-6-25(27)24(22)13-18/h4-10,17,21,31H,1,3,11-14H2,2H3. The molecule has 0 atom stereocenters. The van der Waals surface area contributed by atoms with Crippen molar-refractivity contribution in [1.29, 1.82) is 0 Å². The molecule has 31 heavy (non-hydrogen) atoms. The molecular weight excluding hydrogens is 419 g/mol. The molecule has 0 amide bonds. The Morgan fingerprint density at radius 1 is 1.16 bits per heavy atom. The van der Waals surface area contributed by atoms with Gasteiger partial charge in [-0.2, -0.15) is 13.2 Å². The first kappa shape index (κ1) is 21.9. The highest BCUT2D eigenvalue weighted by atomic mass is 35.5. The van der Waals surface area contributed by atoms with Gasteiger partial charge in [0.25, 0.3) is 0 Å². The summed E-state index contributed by atoms with van der Waals surface area (Å²) in [6.07, 6.45) is 0.103. The van der Waals surface area contributed by atoms with E-state index in [1.54, 1.807) is 6.07 Å². The molecule has 0 bridgehead atoms. The van der Waals surface area contributed by atoms with E-state index in [-0.39, 0.29) is 0 Å². The summed E-state index contributed by atoms with van der Waals surface area (Å²) < 4.78 is 40.2. The Balaban J connectivity index is 1.63. The molecule has 0 aromatic heterocycles. The lowest BCUT2D eigenvalue weighted by Gasteiger charge is -2.36. The summed E-state index contributed by atoms with van der Waals surface area (Å²) in [4.78, 5) is 0. The molecule has 0 aliphatic heterocycles. The predicted molar refractivity (Wildman–Crippen MR) is 122 cm³/mol. The van der Waals surface area contributed by atoms with Gasteiger partial charge in [0.2, 0.25) is 0 Å². The van der Waals surface area contributed by atoms with E-state index >= 15 is 0 Å². The van der Waals surface area contributed by atoms with Crippen molar-refractivity contribution in [3.63, 3.8) is 0 Å². The minimum Gasteiger partial charge on any atom is -0.310 e. The number of benzene rings is 2. The Morgan fingerprint density at radius 3 is 2.58 bits per heavy atom. The van der Waals surface area contributed by atoms with Crippen LogP contribution in [0.4, 0.5) is 13.2 Å². The van der Waals surface area contributed by atoms with E-state index in [2.05, 4.69) is 18.5 Å². The number of allylic oxidation sites excluding steroid dienone is 4. The van der Waals surface area contributed by atoms with E-state index in [0.29, 0.717) is 35.5 Å². The predicted octanol–water partition coefficient (Wildman–Crippen LogP) is 7.46. The second-order valence-corrected chi connectivity index (χ2v) is 9.01. The highest BCUT2D eigenvalue weighted by Crippen LogP contribution is 2.39. The fourth-order valence-electron chi connectivity index (χ4n) is 4.41. The summed E-state index contributed by atoms with van der Waals surface area (Å²) >= 11 is 6.42. The minimum atomic E-state index is -4.38.